The Balaban J connectivity index is 1.72. The molecule has 1 saturated heterocycles. The van der Waals surface area contributed by atoms with E-state index in [2.05, 4.69) is 16.9 Å². The number of rotatable bonds is 4. The number of ether oxygens (including phenoxy) is 2. The first-order valence-corrected chi connectivity index (χ1v) is 7.95. The lowest BCUT2D eigenvalue weighted by atomic mass is 10.1. The predicted octanol–water partition coefficient (Wildman–Crippen LogP) is 1.16. The Morgan fingerprint density at radius 1 is 1.35 bits per heavy atom. The average Bonchev–Trinajstić information content (AvgIpc) is 2.89. The van der Waals surface area contributed by atoms with Gasteiger partial charge in [-0.1, -0.05) is 0 Å². The molecule has 0 radical (unpaired) electrons. The van der Waals surface area contributed by atoms with Crippen molar-refractivity contribution in [3.63, 3.8) is 0 Å². The van der Waals surface area contributed by atoms with Crippen LogP contribution < -0.4 is 20.1 Å². The van der Waals surface area contributed by atoms with Crippen LogP contribution in [0, 0.1) is 0 Å². The zero-order chi connectivity index (χ0) is 13.9. The minimum absolute atomic E-state index is 0.120. The van der Waals surface area contributed by atoms with Crippen molar-refractivity contribution in [2.75, 3.05) is 26.0 Å². The van der Waals surface area contributed by atoms with E-state index < -0.39 is 0 Å². The highest BCUT2D eigenvalue weighted by molar-refractivity contribution is 7.98. The standard InChI is InChI=1S/C14H18N2O3S/c1-20-13-6-12-11(18-2-3-19-12)4-9(13)7-15-10-5-14(17)16-8-10/h4,6,10,15H,2-3,5,7-8H2,1H3,(H,16,17). The van der Waals surface area contributed by atoms with Crippen LogP contribution in [0.2, 0.25) is 0 Å². The van der Waals surface area contributed by atoms with Gasteiger partial charge in [-0.2, -0.15) is 0 Å². The normalized spacial score (nSPS) is 20.9. The summed E-state index contributed by atoms with van der Waals surface area (Å²) in [7, 11) is 0. The topological polar surface area (TPSA) is 59.6 Å². The molecule has 0 bridgehead atoms. The molecule has 1 unspecified atom stereocenters. The maximum absolute atomic E-state index is 11.2. The summed E-state index contributed by atoms with van der Waals surface area (Å²) in [5.74, 6) is 1.75. The monoisotopic (exact) mass is 294 g/mol. The summed E-state index contributed by atoms with van der Waals surface area (Å²) in [4.78, 5) is 12.4. The van der Waals surface area contributed by atoms with Gasteiger partial charge in [-0.15, -0.1) is 11.8 Å². The Morgan fingerprint density at radius 2 is 2.10 bits per heavy atom. The summed E-state index contributed by atoms with van der Waals surface area (Å²) in [5, 5.41) is 6.25. The van der Waals surface area contributed by atoms with Crippen molar-refractivity contribution in [1.82, 2.24) is 10.6 Å². The molecule has 2 aliphatic heterocycles. The number of benzene rings is 1. The summed E-state index contributed by atoms with van der Waals surface area (Å²) < 4.78 is 11.2. The molecule has 6 heteroatoms. The zero-order valence-electron chi connectivity index (χ0n) is 11.4. The number of hydrogen-bond acceptors (Lipinski definition) is 5. The summed E-state index contributed by atoms with van der Waals surface area (Å²) in [6.07, 6.45) is 2.61. The van der Waals surface area contributed by atoms with E-state index in [-0.39, 0.29) is 11.9 Å². The van der Waals surface area contributed by atoms with E-state index in [0.717, 1.165) is 18.0 Å². The van der Waals surface area contributed by atoms with E-state index in [9.17, 15) is 4.79 Å². The first kappa shape index (κ1) is 13.6. The quantitative estimate of drug-likeness (QED) is 0.816. The Labute approximate surface area is 122 Å². The van der Waals surface area contributed by atoms with Crippen LogP contribution in [0.3, 0.4) is 0 Å². The Kier molecular flexibility index (Phi) is 4.03. The summed E-state index contributed by atoms with van der Waals surface area (Å²) in [6, 6.07) is 4.29. The molecule has 1 aromatic carbocycles. The second-order valence-corrected chi connectivity index (χ2v) is 5.74. The SMILES string of the molecule is CSc1cc2c(cc1CNC1CNC(=O)C1)OCCO2. The maximum Gasteiger partial charge on any atom is 0.221 e. The third-order valence-corrected chi connectivity index (χ3v) is 4.32. The molecule has 108 valence electrons. The van der Waals surface area contributed by atoms with Crippen LogP contribution in [0.4, 0.5) is 0 Å². The molecule has 2 N–H and O–H groups in total. The van der Waals surface area contributed by atoms with Crippen molar-refractivity contribution in [2.45, 2.75) is 23.9 Å². The van der Waals surface area contributed by atoms with Gasteiger partial charge >= 0.3 is 0 Å². The largest absolute Gasteiger partial charge is 0.486 e. The van der Waals surface area contributed by atoms with E-state index in [1.54, 1.807) is 11.8 Å². The van der Waals surface area contributed by atoms with E-state index >= 15 is 0 Å². The summed E-state index contributed by atoms with van der Waals surface area (Å²) in [6.45, 7) is 2.64. The zero-order valence-corrected chi connectivity index (χ0v) is 12.2. The molecule has 0 aromatic heterocycles. The van der Waals surface area contributed by atoms with Crippen molar-refractivity contribution < 1.29 is 14.3 Å². The van der Waals surface area contributed by atoms with Crippen molar-refractivity contribution in [2.24, 2.45) is 0 Å². The number of nitrogens with one attached hydrogen (secondary N) is 2. The fourth-order valence-electron chi connectivity index (χ4n) is 2.44. The van der Waals surface area contributed by atoms with Crippen LogP contribution in [-0.4, -0.2) is 38.0 Å². The predicted molar refractivity (Wildman–Crippen MR) is 77.5 cm³/mol. The van der Waals surface area contributed by atoms with Gasteiger partial charge in [-0.25, -0.2) is 0 Å². The van der Waals surface area contributed by atoms with Gasteiger partial charge in [0, 0.05) is 30.4 Å². The third-order valence-electron chi connectivity index (χ3n) is 3.50. The average molecular weight is 294 g/mol. The van der Waals surface area contributed by atoms with Crippen LogP contribution in [0.1, 0.15) is 12.0 Å². The van der Waals surface area contributed by atoms with Gasteiger partial charge < -0.3 is 20.1 Å². The molecule has 1 fully saturated rings. The molecule has 20 heavy (non-hydrogen) atoms. The number of carbonyl (C=O) groups is 1. The fourth-order valence-corrected chi connectivity index (χ4v) is 3.06. The highest BCUT2D eigenvalue weighted by atomic mass is 32.2. The molecule has 1 atom stereocenters. The minimum Gasteiger partial charge on any atom is -0.486 e. The molecule has 1 aromatic rings. The first-order valence-electron chi connectivity index (χ1n) is 6.73. The first-order chi connectivity index (χ1) is 9.76. The highest BCUT2D eigenvalue weighted by Gasteiger charge is 2.21. The van der Waals surface area contributed by atoms with E-state index in [0.29, 0.717) is 26.2 Å². The smallest absolute Gasteiger partial charge is 0.221 e. The van der Waals surface area contributed by atoms with Crippen molar-refractivity contribution in [3.8, 4) is 11.5 Å². The highest BCUT2D eigenvalue weighted by Crippen LogP contribution is 2.36. The van der Waals surface area contributed by atoms with Gasteiger partial charge in [0.05, 0.1) is 0 Å². The molecule has 5 nitrogen and oxygen atoms in total. The van der Waals surface area contributed by atoms with Gasteiger partial charge in [0.1, 0.15) is 13.2 Å². The van der Waals surface area contributed by atoms with E-state index in [1.165, 1.54) is 10.5 Å². The number of thioether (sulfide) groups is 1. The molecule has 1 amide bonds. The number of carbonyl (C=O) groups excluding carboxylic acids is 1. The minimum atomic E-state index is 0.120. The Bertz CT molecular complexity index is 521. The van der Waals surface area contributed by atoms with Crippen LogP contribution in [0.25, 0.3) is 0 Å². The maximum atomic E-state index is 11.2. The molecule has 0 saturated carbocycles. The van der Waals surface area contributed by atoms with Crippen LogP contribution >= 0.6 is 11.8 Å². The lowest BCUT2D eigenvalue weighted by Gasteiger charge is -2.21. The number of fused-ring (bicyclic) bond motifs is 1. The molecule has 0 spiro atoms. The summed E-state index contributed by atoms with van der Waals surface area (Å²) in [5.41, 5.74) is 1.18. The van der Waals surface area contributed by atoms with Crippen LogP contribution in [-0.2, 0) is 11.3 Å². The molecule has 2 aliphatic rings. The number of hydrogen-bond donors (Lipinski definition) is 2. The second-order valence-electron chi connectivity index (χ2n) is 4.89. The van der Waals surface area contributed by atoms with Crippen molar-refractivity contribution in [1.29, 1.82) is 0 Å². The van der Waals surface area contributed by atoms with Crippen LogP contribution in [0.5, 0.6) is 11.5 Å². The lowest BCUT2D eigenvalue weighted by Crippen LogP contribution is -2.30. The van der Waals surface area contributed by atoms with Gasteiger partial charge in [-0.05, 0) is 24.0 Å². The van der Waals surface area contributed by atoms with E-state index in [4.69, 9.17) is 9.47 Å². The van der Waals surface area contributed by atoms with Gasteiger partial charge in [-0.3, -0.25) is 4.79 Å². The van der Waals surface area contributed by atoms with Crippen molar-refractivity contribution in [3.05, 3.63) is 17.7 Å². The van der Waals surface area contributed by atoms with Gasteiger partial charge in [0.15, 0.2) is 11.5 Å². The van der Waals surface area contributed by atoms with Gasteiger partial charge in [0.25, 0.3) is 0 Å². The molecule has 0 aliphatic carbocycles. The molecular weight excluding hydrogens is 276 g/mol. The molecule has 3 rings (SSSR count). The van der Waals surface area contributed by atoms with E-state index in [1.807, 2.05) is 12.1 Å². The second kappa shape index (κ2) is 5.93. The number of amides is 1. The fraction of sp³-hybridized carbons (Fsp3) is 0.500. The Hall–Kier alpha value is -1.40. The van der Waals surface area contributed by atoms with Crippen molar-refractivity contribution >= 4 is 17.7 Å². The molecular formula is C14H18N2O3S. The van der Waals surface area contributed by atoms with Crippen LogP contribution in [0.15, 0.2) is 17.0 Å². The Morgan fingerprint density at radius 3 is 2.75 bits per heavy atom. The molecule has 2 heterocycles. The third kappa shape index (κ3) is 2.86. The lowest BCUT2D eigenvalue weighted by molar-refractivity contribution is -0.119. The van der Waals surface area contributed by atoms with Gasteiger partial charge in [0.2, 0.25) is 5.91 Å². The summed E-state index contributed by atoms with van der Waals surface area (Å²) >= 11 is 1.69.